The third-order valence-corrected chi connectivity index (χ3v) is 5.39. The molecule has 4 rings (SSSR count). The molecule has 1 spiro atoms. The summed E-state index contributed by atoms with van der Waals surface area (Å²) >= 11 is 0. The molecule has 0 aromatic heterocycles. The van der Waals surface area contributed by atoms with Crippen molar-refractivity contribution in [2.24, 2.45) is 5.92 Å². The fourth-order valence-corrected chi connectivity index (χ4v) is 4.43. The van der Waals surface area contributed by atoms with Crippen molar-refractivity contribution in [2.45, 2.75) is 37.5 Å². The number of rotatable bonds is 1. The Kier molecular flexibility index (Phi) is 2.21. The smallest absolute Gasteiger partial charge is 0.163 e. The molecule has 3 aliphatic rings. The van der Waals surface area contributed by atoms with Crippen LogP contribution in [0.3, 0.4) is 0 Å². The lowest BCUT2D eigenvalue weighted by Gasteiger charge is -2.41. The Hall–Kier alpha value is -1.57. The number of ketones is 1. The maximum atomic E-state index is 12.2. The zero-order chi connectivity index (χ0) is 13.0. The Labute approximate surface area is 113 Å². The average molecular weight is 254 g/mol. The van der Waals surface area contributed by atoms with E-state index in [-0.39, 0.29) is 5.41 Å². The molecule has 2 heteroatoms. The molecule has 0 saturated heterocycles. The lowest BCUT2D eigenvalue weighted by Crippen LogP contribution is -2.37. The van der Waals surface area contributed by atoms with E-state index in [9.17, 15) is 4.79 Å². The molecule has 0 aliphatic heterocycles. The van der Waals surface area contributed by atoms with E-state index in [4.69, 9.17) is 4.74 Å². The molecule has 1 fully saturated rings. The molecule has 2 bridgehead atoms. The zero-order valence-electron chi connectivity index (χ0n) is 11.2. The lowest BCUT2D eigenvalue weighted by atomic mass is 9.62. The van der Waals surface area contributed by atoms with E-state index in [2.05, 4.69) is 12.1 Å². The van der Waals surface area contributed by atoms with Gasteiger partial charge in [-0.15, -0.1) is 0 Å². The van der Waals surface area contributed by atoms with Crippen LogP contribution in [0.25, 0.3) is 0 Å². The molecule has 2 atom stereocenters. The summed E-state index contributed by atoms with van der Waals surface area (Å²) in [6.45, 7) is 0. The van der Waals surface area contributed by atoms with E-state index in [1.807, 2.05) is 12.1 Å². The van der Waals surface area contributed by atoms with Crippen LogP contribution in [0.15, 0.2) is 29.8 Å². The fourth-order valence-electron chi connectivity index (χ4n) is 4.43. The van der Waals surface area contributed by atoms with Gasteiger partial charge in [-0.05, 0) is 55.4 Å². The Morgan fingerprint density at radius 3 is 2.95 bits per heavy atom. The van der Waals surface area contributed by atoms with Gasteiger partial charge >= 0.3 is 0 Å². The van der Waals surface area contributed by atoms with Crippen molar-refractivity contribution in [1.82, 2.24) is 0 Å². The van der Waals surface area contributed by atoms with E-state index in [0.717, 1.165) is 24.2 Å². The van der Waals surface area contributed by atoms with Crippen LogP contribution in [-0.4, -0.2) is 12.9 Å². The molecular formula is C17H18O2. The van der Waals surface area contributed by atoms with Gasteiger partial charge < -0.3 is 4.74 Å². The number of hydrogen-bond donors (Lipinski definition) is 0. The van der Waals surface area contributed by atoms with Gasteiger partial charge in [0.25, 0.3) is 0 Å². The molecule has 19 heavy (non-hydrogen) atoms. The minimum atomic E-state index is 0.224. The number of fused-ring (bicyclic) bond motifs is 5. The quantitative estimate of drug-likeness (QED) is 0.715. The fraction of sp³-hybridized carbons (Fsp3) is 0.471. The second kappa shape index (κ2) is 3.72. The summed E-state index contributed by atoms with van der Waals surface area (Å²) in [7, 11) is 1.70. The van der Waals surface area contributed by atoms with E-state index in [1.54, 1.807) is 12.7 Å². The van der Waals surface area contributed by atoms with Crippen molar-refractivity contribution >= 4 is 5.78 Å². The Bertz CT molecular complexity index is 599. The van der Waals surface area contributed by atoms with E-state index in [1.165, 1.54) is 18.4 Å². The van der Waals surface area contributed by atoms with Gasteiger partial charge in [0.2, 0.25) is 0 Å². The monoisotopic (exact) mass is 254 g/mol. The van der Waals surface area contributed by atoms with Crippen molar-refractivity contribution in [3.63, 3.8) is 0 Å². The van der Waals surface area contributed by atoms with Gasteiger partial charge in [0, 0.05) is 17.4 Å². The highest BCUT2D eigenvalue weighted by Gasteiger charge is 2.51. The molecule has 1 aromatic carbocycles. The van der Waals surface area contributed by atoms with Crippen LogP contribution in [0.2, 0.25) is 0 Å². The minimum absolute atomic E-state index is 0.224. The first-order valence-corrected chi connectivity index (χ1v) is 7.12. The number of hydrogen-bond acceptors (Lipinski definition) is 2. The summed E-state index contributed by atoms with van der Waals surface area (Å²) in [5, 5.41) is 0. The van der Waals surface area contributed by atoms with Crippen molar-refractivity contribution < 1.29 is 9.53 Å². The van der Waals surface area contributed by atoms with Crippen LogP contribution in [0.1, 0.15) is 48.0 Å². The third kappa shape index (κ3) is 1.40. The number of Topliss-reactive ketones (excluding diaryl/α,β-unsaturated/α-hetero) is 1. The summed E-state index contributed by atoms with van der Waals surface area (Å²) in [6.07, 6.45) is 7.74. The number of methoxy groups -OCH3 is 1. The maximum absolute atomic E-state index is 12.2. The number of carbonyl (C=O) groups is 1. The van der Waals surface area contributed by atoms with E-state index >= 15 is 0 Å². The lowest BCUT2D eigenvalue weighted by molar-refractivity contribution is 0.0939. The van der Waals surface area contributed by atoms with Crippen molar-refractivity contribution in [1.29, 1.82) is 0 Å². The zero-order valence-corrected chi connectivity index (χ0v) is 11.2. The number of benzene rings is 1. The predicted octanol–water partition coefficient (Wildman–Crippen LogP) is 3.65. The highest BCUT2D eigenvalue weighted by molar-refractivity contribution is 5.99. The molecule has 1 aromatic rings. The second-order valence-corrected chi connectivity index (χ2v) is 6.17. The van der Waals surface area contributed by atoms with Crippen molar-refractivity contribution in [2.75, 3.05) is 7.11 Å². The molecule has 2 unspecified atom stereocenters. The van der Waals surface area contributed by atoms with Crippen LogP contribution in [0.5, 0.6) is 5.75 Å². The first-order chi connectivity index (χ1) is 9.23. The number of allylic oxidation sites excluding steroid dienone is 2. The molecule has 0 amide bonds. The summed E-state index contributed by atoms with van der Waals surface area (Å²) in [4.78, 5) is 12.2. The standard InChI is InChI=1S/C17H18O2/c1-19-13-4-5-14-15(9-13)17(7-6-16(14)18)10-11-2-3-12(17)8-11/h2,4-5,9,12H,3,6-8,10H2,1H3. The minimum Gasteiger partial charge on any atom is -0.497 e. The van der Waals surface area contributed by atoms with Gasteiger partial charge in [0.1, 0.15) is 5.75 Å². The topological polar surface area (TPSA) is 26.3 Å². The summed E-state index contributed by atoms with van der Waals surface area (Å²) in [5.41, 5.74) is 4.03. The highest BCUT2D eigenvalue weighted by atomic mass is 16.5. The predicted molar refractivity (Wildman–Crippen MR) is 73.7 cm³/mol. The Morgan fingerprint density at radius 2 is 2.26 bits per heavy atom. The van der Waals surface area contributed by atoms with Gasteiger partial charge in [0.15, 0.2) is 5.78 Å². The van der Waals surface area contributed by atoms with Crippen LogP contribution in [-0.2, 0) is 5.41 Å². The average Bonchev–Trinajstić information content (AvgIpc) is 3.04. The van der Waals surface area contributed by atoms with Crippen LogP contribution >= 0.6 is 0 Å². The maximum Gasteiger partial charge on any atom is 0.163 e. The highest BCUT2D eigenvalue weighted by Crippen LogP contribution is 2.58. The third-order valence-electron chi connectivity index (χ3n) is 5.39. The molecule has 0 heterocycles. The molecule has 3 aliphatic carbocycles. The Morgan fingerprint density at radius 1 is 1.37 bits per heavy atom. The number of carbonyl (C=O) groups excluding carboxylic acids is 1. The van der Waals surface area contributed by atoms with E-state index in [0.29, 0.717) is 18.1 Å². The van der Waals surface area contributed by atoms with Crippen LogP contribution in [0, 0.1) is 5.92 Å². The SMILES string of the molecule is COc1ccc2c(c1)C1(CCC2=O)CC2=CCC1C2. The van der Waals surface area contributed by atoms with E-state index < -0.39 is 0 Å². The molecule has 0 N–H and O–H groups in total. The van der Waals surface area contributed by atoms with Crippen molar-refractivity contribution in [3.05, 3.63) is 41.0 Å². The summed E-state index contributed by atoms with van der Waals surface area (Å²) in [5.74, 6) is 1.89. The van der Waals surface area contributed by atoms with Gasteiger partial charge in [-0.3, -0.25) is 4.79 Å². The second-order valence-electron chi connectivity index (χ2n) is 6.17. The molecule has 0 radical (unpaired) electrons. The van der Waals surface area contributed by atoms with Gasteiger partial charge in [0.05, 0.1) is 7.11 Å². The Balaban J connectivity index is 1.91. The van der Waals surface area contributed by atoms with Gasteiger partial charge in [-0.25, -0.2) is 0 Å². The molecule has 2 nitrogen and oxygen atoms in total. The first kappa shape index (κ1) is 11.3. The molecule has 98 valence electrons. The van der Waals surface area contributed by atoms with Gasteiger partial charge in [-0.1, -0.05) is 11.6 Å². The molecular weight excluding hydrogens is 236 g/mol. The molecule has 1 saturated carbocycles. The largest absolute Gasteiger partial charge is 0.497 e. The first-order valence-electron chi connectivity index (χ1n) is 7.12. The van der Waals surface area contributed by atoms with Gasteiger partial charge in [-0.2, -0.15) is 0 Å². The van der Waals surface area contributed by atoms with Crippen LogP contribution in [0.4, 0.5) is 0 Å². The van der Waals surface area contributed by atoms with Crippen LogP contribution < -0.4 is 4.74 Å². The van der Waals surface area contributed by atoms with Crippen molar-refractivity contribution in [3.8, 4) is 5.75 Å². The summed E-state index contributed by atoms with van der Waals surface area (Å²) < 4.78 is 5.37. The normalized spacial score (nSPS) is 31.5. The number of ether oxygens (including phenoxy) is 1. The summed E-state index contributed by atoms with van der Waals surface area (Å²) in [6, 6.07) is 6.01.